The first-order valence-electron chi connectivity index (χ1n) is 6.19. The summed E-state index contributed by atoms with van der Waals surface area (Å²) in [6, 6.07) is 5.54. The van der Waals surface area contributed by atoms with Crippen molar-refractivity contribution in [1.82, 2.24) is 20.1 Å². The van der Waals surface area contributed by atoms with Crippen LogP contribution in [-0.2, 0) is 13.1 Å². The minimum absolute atomic E-state index is 0.126. The highest BCUT2D eigenvalue weighted by atomic mass is 32.1. The lowest BCUT2D eigenvalue weighted by atomic mass is 10.2. The number of nitro benzene ring substituents is 1. The fraction of sp³-hybridized carbons (Fsp3) is 0.250. The van der Waals surface area contributed by atoms with E-state index in [4.69, 9.17) is 12.2 Å². The molecular formula is C12H13N5O3S. The third-order valence-corrected chi connectivity index (χ3v) is 3.19. The second-order valence-electron chi connectivity index (χ2n) is 4.18. The Morgan fingerprint density at radius 1 is 1.57 bits per heavy atom. The Balaban J connectivity index is 2.10. The first-order chi connectivity index (χ1) is 10.0. The summed E-state index contributed by atoms with van der Waals surface area (Å²) in [6.45, 7) is 2.73. The van der Waals surface area contributed by atoms with Crippen LogP contribution in [0, 0.1) is 14.9 Å². The van der Waals surface area contributed by atoms with Crippen LogP contribution in [0.1, 0.15) is 23.1 Å². The van der Waals surface area contributed by atoms with E-state index in [0.717, 1.165) is 0 Å². The summed E-state index contributed by atoms with van der Waals surface area (Å²) in [5.74, 6) is 0.191. The average molecular weight is 307 g/mol. The van der Waals surface area contributed by atoms with Crippen molar-refractivity contribution >= 4 is 23.8 Å². The van der Waals surface area contributed by atoms with E-state index in [9.17, 15) is 14.9 Å². The molecule has 0 aliphatic carbocycles. The van der Waals surface area contributed by atoms with Gasteiger partial charge in [-0.25, -0.2) is 0 Å². The molecule has 0 spiro atoms. The second-order valence-corrected chi connectivity index (χ2v) is 4.57. The van der Waals surface area contributed by atoms with Gasteiger partial charge in [0.2, 0.25) is 0 Å². The number of carbonyl (C=O) groups is 1. The Labute approximate surface area is 124 Å². The molecule has 1 aromatic carbocycles. The van der Waals surface area contributed by atoms with Crippen LogP contribution in [0.5, 0.6) is 0 Å². The zero-order chi connectivity index (χ0) is 15.4. The van der Waals surface area contributed by atoms with Crippen LogP contribution in [0.25, 0.3) is 0 Å². The minimum Gasteiger partial charge on any atom is -0.345 e. The minimum atomic E-state index is -0.543. The van der Waals surface area contributed by atoms with E-state index in [0.29, 0.717) is 17.1 Å². The molecule has 2 N–H and O–H groups in total. The van der Waals surface area contributed by atoms with Crippen molar-refractivity contribution < 1.29 is 9.72 Å². The zero-order valence-electron chi connectivity index (χ0n) is 11.2. The fourth-order valence-corrected chi connectivity index (χ4v) is 2.11. The number of non-ortho nitro benzene ring substituents is 1. The molecule has 0 saturated carbocycles. The van der Waals surface area contributed by atoms with E-state index < -0.39 is 10.8 Å². The molecule has 1 heterocycles. The monoisotopic (exact) mass is 307 g/mol. The van der Waals surface area contributed by atoms with Gasteiger partial charge in [0.25, 0.3) is 11.6 Å². The maximum Gasteiger partial charge on any atom is 0.270 e. The Morgan fingerprint density at radius 3 is 3.00 bits per heavy atom. The smallest absolute Gasteiger partial charge is 0.270 e. The highest BCUT2D eigenvalue weighted by Crippen LogP contribution is 2.13. The standard InChI is InChI=1S/C12H13N5O3S/c1-2-16-10(14-15-12(16)21)7-13-11(18)8-4-3-5-9(6-8)17(19)20/h3-6H,2,7H2,1H3,(H,13,18)(H,15,21). The van der Waals surface area contributed by atoms with Crippen LogP contribution in [0.3, 0.4) is 0 Å². The maximum absolute atomic E-state index is 12.0. The number of rotatable bonds is 5. The Bertz CT molecular complexity index is 736. The predicted octanol–water partition coefficient (Wildman–Crippen LogP) is 1.80. The van der Waals surface area contributed by atoms with Crippen LogP contribution in [0.4, 0.5) is 5.69 Å². The van der Waals surface area contributed by atoms with Gasteiger partial charge in [0.05, 0.1) is 11.5 Å². The SMILES string of the molecule is CCn1c(CNC(=O)c2cccc([N+](=O)[O-])c2)n[nH]c1=S. The quantitative estimate of drug-likeness (QED) is 0.498. The largest absolute Gasteiger partial charge is 0.345 e. The highest BCUT2D eigenvalue weighted by Gasteiger charge is 2.12. The third kappa shape index (κ3) is 3.31. The van der Waals surface area contributed by atoms with Gasteiger partial charge in [-0.2, -0.15) is 5.10 Å². The predicted molar refractivity (Wildman–Crippen MR) is 77.4 cm³/mol. The van der Waals surface area contributed by atoms with Gasteiger partial charge in [-0.1, -0.05) is 6.07 Å². The van der Waals surface area contributed by atoms with Crippen LogP contribution in [0.2, 0.25) is 0 Å². The summed E-state index contributed by atoms with van der Waals surface area (Å²) >= 11 is 5.05. The van der Waals surface area contributed by atoms with E-state index >= 15 is 0 Å². The molecule has 2 rings (SSSR count). The van der Waals surface area contributed by atoms with Crippen molar-refractivity contribution in [2.24, 2.45) is 0 Å². The lowest BCUT2D eigenvalue weighted by Gasteiger charge is -2.06. The van der Waals surface area contributed by atoms with Gasteiger partial charge < -0.3 is 9.88 Å². The van der Waals surface area contributed by atoms with Gasteiger partial charge in [-0.15, -0.1) is 0 Å². The third-order valence-electron chi connectivity index (χ3n) is 2.88. The van der Waals surface area contributed by atoms with Crippen molar-refractivity contribution in [2.75, 3.05) is 0 Å². The molecule has 1 amide bonds. The fourth-order valence-electron chi connectivity index (χ4n) is 1.83. The molecule has 0 radical (unpaired) electrons. The number of nitrogens with zero attached hydrogens (tertiary/aromatic N) is 3. The Kier molecular flexibility index (Phi) is 4.43. The summed E-state index contributed by atoms with van der Waals surface area (Å²) in [5, 5.41) is 20.0. The van der Waals surface area contributed by atoms with E-state index in [1.165, 1.54) is 24.3 Å². The van der Waals surface area contributed by atoms with Crippen molar-refractivity contribution in [1.29, 1.82) is 0 Å². The molecule has 1 aromatic heterocycles. The van der Waals surface area contributed by atoms with E-state index in [1.807, 2.05) is 6.92 Å². The van der Waals surface area contributed by atoms with E-state index in [1.54, 1.807) is 4.57 Å². The lowest BCUT2D eigenvalue weighted by molar-refractivity contribution is -0.384. The molecule has 2 aromatic rings. The van der Waals surface area contributed by atoms with Crippen LogP contribution in [0.15, 0.2) is 24.3 Å². The molecule has 9 heteroatoms. The molecule has 0 saturated heterocycles. The number of amides is 1. The van der Waals surface area contributed by atoms with Crippen LogP contribution < -0.4 is 5.32 Å². The summed E-state index contributed by atoms with van der Waals surface area (Å²) in [6.07, 6.45) is 0. The van der Waals surface area contributed by atoms with E-state index in [-0.39, 0.29) is 17.8 Å². The Hall–Kier alpha value is -2.55. The first-order valence-corrected chi connectivity index (χ1v) is 6.60. The molecule has 8 nitrogen and oxygen atoms in total. The topological polar surface area (TPSA) is 106 Å². The summed E-state index contributed by atoms with van der Waals surface area (Å²) in [5.41, 5.74) is 0.0975. The number of nitro groups is 1. The molecule has 0 fully saturated rings. The van der Waals surface area contributed by atoms with Gasteiger partial charge in [-0.05, 0) is 25.2 Å². The van der Waals surface area contributed by atoms with Gasteiger partial charge in [0.1, 0.15) is 0 Å². The summed E-state index contributed by atoms with van der Waals surface area (Å²) in [4.78, 5) is 22.1. The number of benzene rings is 1. The number of H-pyrrole nitrogens is 1. The lowest BCUT2D eigenvalue weighted by Crippen LogP contribution is -2.24. The number of hydrogen-bond acceptors (Lipinski definition) is 5. The Morgan fingerprint density at radius 2 is 2.33 bits per heavy atom. The van der Waals surface area contributed by atoms with E-state index in [2.05, 4.69) is 15.5 Å². The normalized spacial score (nSPS) is 10.3. The number of hydrogen-bond donors (Lipinski definition) is 2. The number of nitrogens with one attached hydrogen (secondary N) is 2. The van der Waals surface area contributed by atoms with Gasteiger partial charge >= 0.3 is 0 Å². The molecule has 21 heavy (non-hydrogen) atoms. The van der Waals surface area contributed by atoms with Gasteiger partial charge in [0.15, 0.2) is 10.6 Å². The molecule has 0 bridgehead atoms. The number of aromatic nitrogens is 3. The molecule has 0 aliphatic rings. The molecule has 0 aliphatic heterocycles. The van der Waals surface area contributed by atoms with Crippen molar-refractivity contribution in [3.8, 4) is 0 Å². The molecule has 110 valence electrons. The first kappa shape index (κ1) is 14.9. The second kappa shape index (κ2) is 6.27. The van der Waals surface area contributed by atoms with Gasteiger partial charge in [-0.3, -0.25) is 20.0 Å². The molecule has 0 unspecified atom stereocenters. The van der Waals surface area contributed by atoms with Crippen molar-refractivity contribution in [3.05, 3.63) is 50.5 Å². The zero-order valence-corrected chi connectivity index (χ0v) is 12.0. The van der Waals surface area contributed by atoms with Crippen molar-refractivity contribution in [2.45, 2.75) is 20.0 Å². The van der Waals surface area contributed by atoms with Gasteiger partial charge in [0, 0.05) is 24.2 Å². The van der Waals surface area contributed by atoms with Crippen molar-refractivity contribution in [3.63, 3.8) is 0 Å². The number of carbonyl (C=O) groups excluding carboxylic acids is 1. The maximum atomic E-state index is 12.0. The summed E-state index contributed by atoms with van der Waals surface area (Å²) < 4.78 is 2.24. The van der Waals surface area contributed by atoms with Crippen LogP contribution in [-0.4, -0.2) is 25.6 Å². The summed E-state index contributed by atoms with van der Waals surface area (Å²) in [7, 11) is 0. The number of aromatic amines is 1. The highest BCUT2D eigenvalue weighted by molar-refractivity contribution is 7.71. The molecule has 0 atom stereocenters. The molecular weight excluding hydrogens is 294 g/mol. The average Bonchev–Trinajstić information content (AvgIpc) is 2.84. The van der Waals surface area contributed by atoms with Crippen LogP contribution >= 0.6 is 12.2 Å².